The molecule has 0 bridgehead atoms. The molecule has 200 valence electrons. The van der Waals surface area contributed by atoms with Crippen molar-refractivity contribution in [3.63, 3.8) is 0 Å². The van der Waals surface area contributed by atoms with Gasteiger partial charge in [0.1, 0.15) is 11.3 Å². The number of carbonyl (C=O) groups excluding carboxylic acids is 1. The van der Waals surface area contributed by atoms with Crippen molar-refractivity contribution in [3.05, 3.63) is 83.9 Å². The maximum atomic E-state index is 14.4. The predicted octanol–water partition coefficient (Wildman–Crippen LogP) is 5.98. The van der Waals surface area contributed by atoms with Crippen LogP contribution in [-0.2, 0) is 16.6 Å². The number of fused-ring (bicyclic) bond motifs is 1. The third-order valence-electron chi connectivity index (χ3n) is 5.76. The monoisotopic (exact) mass is 554 g/mol. The van der Waals surface area contributed by atoms with E-state index >= 15 is 0 Å². The highest BCUT2D eigenvalue weighted by Gasteiger charge is 2.27. The number of anilines is 1. The van der Waals surface area contributed by atoms with Crippen molar-refractivity contribution in [2.45, 2.75) is 39.1 Å². The highest BCUT2D eigenvalue weighted by molar-refractivity contribution is 7.89. The minimum absolute atomic E-state index is 0.123. The number of sulfonamides is 1. The van der Waals surface area contributed by atoms with Gasteiger partial charge in [-0.15, -0.1) is 0 Å². The number of amides is 1. The molecule has 0 aliphatic rings. The van der Waals surface area contributed by atoms with E-state index in [0.29, 0.717) is 34.2 Å². The van der Waals surface area contributed by atoms with Gasteiger partial charge in [-0.1, -0.05) is 51.2 Å². The zero-order chi connectivity index (χ0) is 27.4. The van der Waals surface area contributed by atoms with Crippen LogP contribution >= 0.6 is 11.3 Å². The van der Waals surface area contributed by atoms with Gasteiger partial charge in [-0.2, -0.15) is 4.31 Å². The number of rotatable bonds is 10. The molecular formula is C28H31FN4O3S2. The zero-order valence-corrected chi connectivity index (χ0v) is 23.5. The number of thiazole rings is 1. The van der Waals surface area contributed by atoms with Gasteiger partial charge in [0.25, 0.3) is 5.91 Å². The standard InChI is InChI=1S/C28H31FN4O3S2/c1-19(2)16-32(17-20(3)4)38(35,36)23-13-11-21(12-14-23)27(34)33(18-22-8-5-6-15-30-22)28-31-26-24(29)9-7-10-25(26)37-28/h5-15,19-20H,16-18H2,1-4H3. The van der Waals surface area contributed by atoms with Crippen molar-refractivity contribution in [2.24, 2.45) is 11.8 Å². The minimum Gasteiger partial charge on any atom is -0.278 e. The van der Waals surface area contributed by atoms with Crippen molar-refractivity contribution in [1.82, 2.24) is 14.3 Å². The molecule has 4 aromatic rings. The molecule has 38 heavy (non-hydrogen) atoms. The first kappa shape index (κ1) is 27.8. The number of carbonyl (C=O) groups is 1. The molecule has 2 aromatic carbocycles. The number of pyridine rings is 1. The van der Waals surface area contributed by atoms with Gasteiger partial charge in [-0.05, 0) is 60.4 Å². The summed E-state index contributed by atoms with van der Waals surface area (Å²) in [5.41, 5.74) is 1.12. The van der Waals surface area contributed by atoms with E-state index in [0.717, 1.165) is 0 Å². The quantitative estimate of drug-likeness (QED) is 0.241. The molecule has 0 radical (unpaired) electrons. The van der Waals surface area contributed by atoms with Crippen LogP contribution in [0.15, 0.2) is 71.8 Å². The minimum atomic E-state index is -3.73. The van der Waals surface area contributed by atoms with E-state index in [1.54, 1.807) is 30.5 Å². The third-order valence-corrected chi connectivity index (χ3v) is 8.65. The van der Waals surface area contributed by atoms with Crippen molar-refractivity contribution < 1.29 is 17.6 Å². The highest BCUT2D eigenvalue weighted by Crippen LogP contribution is 2.32. The van der Waals surface area contributed by atoms with E-state index < -0.39 is 15.8 Å². The molecule has 7 nitrogen and oxygen atoms in total. The summed E-state index contributed by atoms with van der Waals surface area (Å²) in [6.45, 7) is 8.87. The van der Waals surface area contributed by atoms with Crippen LogP contribution in [0.5, 0.6) is 0 Å². The topological polar surface area (TPSA) is 83.5 Å². The number of hydrogen-bond donors (Lipinski definition) is 0. The summed E-state index contributed by atoms with van der Waals surface area (Å²) in [6.07, 6.45) is 1.63. The Kier molecular flexibility index (Phi) is 8.54. The molecule has 0 N–H and O–H groups in total. The molecule has 1 amide bonds. The Morgan fingerprint density at radius 1 is 0.947 bits per heavy atom. The van der Waals surface area contributed by atoms with Crippen LogP contribution in [0.3, 0.4) is 0 Å². The first-order chi connectivity index (χ1) is 18.1. The molecule has 4 rings (SSSR count). The third kappa shape index (κ3) is 6.25. The molecule has 0 fully saturated rings. The number of halogens is 1. The molecule has 0 unspecified atom stereocenters. The predicted molar refractivity (Wildman–Crippen MR) is 149 cm³/mol. The molecular weight excluding hydrogens is 523 g/mol. The Morgan fingerprint density at radius 2 is 1.63 bits per heavy atom. The maximum Gasteiger partial charge on any atom is 0.260 e. The first-order valence-corrected chi connectivity index (χ1v) is 14.7. The summed E-state index contributed by atoms with van der Waals surface area (Å²) in [7, 11) is -3.73. The van der Waals surface area contributed by atoms with Crippen LogP contribution < -0.4 is 4.90 Å². The second kappa shape index (κ2) is 11.7. The fourth-order valence-electron chi connectivity index (χ4n) is 4.06. The Balaban J connectivity index is 1.67. The summed E-state index contributed by atoms with van der Waals surface area (Å²) in [5, 5.41) is 0.331. The van der Waals surface area contributed by atoms with Crippen molar-refractivity contribution in [2.75, 3.05) is 18.0 Å². The average Bonchev–Trinajstić information content (AvgIpc) is 3.32. The van der Waals surface area contributed by atoms with Gasteiger partial charge in [0.05, 0.1) is 21.8 Å². The average molecular weight is 555 g/mol. The summed E-state index contributed by atoms with van der Waals surface area (Å²) in [5.74, 6) is -0.510. The van der Waals surface area contributed by atoms with Crippen molar-refractivity contribution >= 4 is 42.6 Å². The summed E-state index contributed by atoms with van der Waals surface area (Å²) >= 11 is 1.21. The Morgan fingerprint density at radius 3 is 2.21 bits per heavy atom. The van der Waals surface area contributed by atoms with Crippen molar-refractivity contribution in [3.8, 4) is 0 Å². The van der Waals surface area contributed by atoms with E-state index in [4.69, 9.17) is 0 Å². The Bertz CT molecular complexity index is 1490. The second-order valence-electron chi connectivity index (χ2n) is 9.93. The molecule has 2 heterocycles. The largest absolute Gasteiger partial charge is 0.278 e. The number of para-hydroxylation sites is 1. The highest BCUT2D eigenvalue weighted by atomic mass is 32.2. The van der Waals surface area contributed by atoms with E-state index in [9.17, 15) is 17.6 Å². The first-order valence-electron chi connectivity index (χ1n) is 12.4. The fourth-order valence-corrected chi connectivity index (χ4v) is 6.80. The van der Waals surface area contributed by atoms with Crippen LogP contribution in [0.4, 0.5) is 9.52 Å². The molecule has 0 spiro atoms. The number of aromatic nitrogens is 2. The lowest BCUT2D eigenvalue weighted by Gasteiger charge is -2.26. The van der Waals surface area contributed by atoms with Crippen LogP contribution in [0.25, 0.3) is 10.2 Å². The van der Waals surface area contributed by atoms with E-state index in [-0.39, 0.29) is 34.7 Å². The molecule has 0 atom stereocenters. The summed E-state index contributed by atoms with van der Waals surface area (Å²) in [4.78, 5) is 24.0. The lowest BCUT2D eigenvalue weighted by molar-refractivity contribution is 0.0984. The van der Waals surface area contributed by atoms with Gasteiger partial charge in [-0.25, -0.2) is 17.8 Å². The van der Waals surface area contributed by atoms with Gasteiger partial charge < -0.3 is 0 Å². The van der Waals surface area contributed by atoms with Gasteiger partial charge >= 0.3 is 0 Å². The molecule has 0 saturated heterocycles. The van der Waals surface area contributed by atoms with Crippen LogP contribution in [0, 0.1) is 17.7 Å². The van der Waals surface area contributed by atoms with Gasteiger partial charge in [0.15, 0.2) is 5.13 Å². The Labute approximate surface area is 227 Å². The normalized spacial score (nSPS) is 12.1. The van der Waals surface area contributed by atoms with E-state index in [1.165, 1.54) is 50.9 Å². The van der Waals surface area contributed by atoms with E-state index in [2.05, 4.69) is 9.97 Å². The van der Waals surface area contributed by atoms with Gasteiger partial charge in [0, 0.05) is 24.8 Å². The smallest absolute Gasteiger partial charge is 0.260 e. The molecule has 2 aromatic heterocycles. The number of hydrogen-bond acceptors (Lipinski definition) is 6. The van der Waals surface area contributed by atoms with Crippen LogP contribution in [-0.4, -0.2) is 41.7 Å². The Hall–Kier alpha value is -3.21. The maximum absolute atomic E-state index is 14.4. The van der Waals surface area contributed by atoms with Crippen LogP contribution in [0.1, 0.15) is 43.7 Å². The zero-order valence-electron chi connectivity index (χ0n) is 21.8. The molecule has 10 heteroatoms. The molecule has 0 aliphatic carbocycles. The lowest BCUT2D eigenvalue weighted by Crippen LogP contribution is -2.37. The molecule has 0 aliphatic heterocycles. The van der Waals surface area contributed by atoms with Gasteiger partial charge in [0.2, 0.25) is 10.0 Å². The summed E-state index contributed by atoms with van der Waals surface area (Å²) in [6, 6.07) is 16.0. The fraction of sp³-hybridized carbons (Fsp3) is 0.321. The lowest BCUT2D eigenvalue weighted by atomic mass is 10.2. The summed E-state index contributed by atoms with van der Waals surface area (Å²) < 4.78 is 43.3. The number of benzene rings is 2. The van der Waals surface area contributed by atoms with Gasteiger partial charge in [-0.3, -0.25) is 14.7 Å². The van der Waals surface area contributed by atoms with Crippen molar-refractivity contribution in [1.29, 1.82) is 0 Å². The second-order valence-corrected chi connectivity index (χ2v) is 12.9. The van der Waals surface area contributed by atoms with Crippen LogP contribution in [0.2, 0.25) is 0 Å². The number of nitrogens with zero attached hydrogens (tertiary/aromatic N) is 4. The SMILES string of the molecule is CC(C)CN(CC(C)C)S(=O)(=O)c1ccc(C(=O)N(Cc2ccccn2)c2nc3c(F)cccc3s2)cc1. The molecule has 0 saturated carbocycles. The van der Waals surface area contributed by atoms with E-state index in [1.807, 2.05) is 33.8 Å².